The van der Waals surface area contributed by atoms with Crippen LogP contribution in [0.2, 0.25) is 0 Å². The van der Waals surface area contributed by atoms with Gasteiger partial charge in [0.15, 0.2) is 11.0 Å². The molecule has 8 nitrogen and oxygen atoms in total. The van der Waals surface area contributed by atoms with Crippen LogP contribution in [0.3, 0.4) is 0 Å². The Balaban J connectivity index is 1.71. The van der Waals surface area contributed by atoms with Crippen molar-refractivity contribution >= 4 is 40.0 Å². The molecule has 10 heteroatoms. The molecule has 1 amide bonds. The third-order valence-corrected chi connectivity index (χ3v) is 7.26. The van der Waals surface area contributed by atoms with Gasteiger partial charge in [-0.2, -0.15) is 0 Å². The lowest BCUT2D eigenvalue weighted by atomic mass is 10.1. The number of aryl methyl sites for hydroxylation is 1. The number of allylic oxidation sites excluding steroid dienone is 1. The summed E-state index contributed by atoms with van der Waals surface area (Å²) in [5.74, 6) is 1.36. The first-order chi connectivity index (χ1) is 17.2. The number of aromatic nitrogens is 3. The number of rotatable bonds is 12. The summed E-state index contributed by atoms with van der Waals surface area (Å²) in [4.78, 5) is 26.1. The molecular formula is C26H32N4O4S2. The third-order valence-electron chi connectivity index (χ3n) is 5.17. The molecule has 0 saturated heterocycles. The summed E-state index contributed by atoms with van der Waals surface area (Å²) in [6.45, 7) is 15.0. The van der Waals surface area contributed by atoms with E-state index in [1.807, 2.05) is 42.7 Å². The number of nitrogens with one attached hydrogen (secondary N) is 1. The van der Waals surface area contributed by atoms with Crippen LogP contribution in [0.5, 0.6) is 5.75 Å². The number of anilines is 1. The summed E-state index contributed by atoms with van der Waals surface area (Å²) in [5.41, 5.74) is 2.12. The van der Waals surface area contributed by atoms with Gasteiger partial charge in [0.05, 0.1) is 24.5 Å². The zero-order chi connectivity index (χ0) is 26.2. The van der Waals surface area contributed by atoms with E-state index in [0.717, 1.165) is 21.8 Å². The second kappa shape index (κ2) is 12.7. The Hall–Kier alpha value is -3.11. The number of nitrogens with zero attached hydrogens (tertiary/aromatic N) is 3. The molecule has 2 aromatic heterocycles. The van der Waals surface area contributed by atoms with Crippen molar-refractivity contribution in [1.29, 1.82) is 0 Å². The molecule has 0 aliphatic rings. The summed E-state index contributed by atoms with van der Waals surface area (Å²) in [5, 5.41) is 12.6. The van der Waals surface area contributed by atoms with Crippen molar-refractivity contribution in [2.45, 2.75) is 46.3 Å². The quantitative estimate of drug-likeness (QED) is 0.182. The highest BCUT2D eigenvalue weighted by molar-refractivity contribution is 7.99. The smallest absolute Gasteiger partial charge is 0.341 e. The molecule has 1 N–H and O–H groups in total. The number of thiophene rings is 1. The zero-order valence-corrected chi connectivity index (χ0v) is 22.9. The van der Waals surface area contributed by atoms with Crippen LogP contribution in [0.25, 0.3) is 11.4 Å². The van der Waals surface area contributed by atoms with Crippen molar-refractivity contribution in [3.05, 3.63) is 52.9 Å². The number of hydrogen-bond donors (Lipinski definition) is 1. The summed E-state index contributed by atoms with van der Waals surface area (Å²) in [6, 6.07) is 7.71. The molecule has 0 unspecified atom stereocenters. The number of thioether (sulfide) groups is 1. The fourth-order valence-electron chi connectivity index (χ4n) is 3.32. The van der Waals surface area contributed by atoms with E-state index in [2.05, 4.69) is 35.9 Å². The Bertz CT molecular complexity index is 1220. The van der Waals surface area contributed by atoms with E-state index < -0.39 is 5.97 Å². The predicted octanol–water partition coefficient (Wildman–Crippen LogP) is 5.75. The van der Waals surface area contributed by atoms with Crippen molar-refractivity contribution in [2.75, 3.05) is 24.3 Å². The SMILES string of the molecule is C=CCn1c(SCC(=O)Nc2sc(C)c(C)c2C(=O)OCC)nnc1-c1ccc(OCC(C)C)cc1. The molecule has 0 spiro atoms. The van der Waals surface area contributed by atoms with Crippen molar-refractivity contribution in [3.63, 3.8) is 0 Å². The first kappa shape index (κ1) is 27.5. The number of hydrogen-bond acceptors (Lipinski definition) is 8. The Labute approximate surface area is 220 Å². The summed E-state index contributed by atoms with van der Waals surface area (Å²) < 4.78 is 12.8. The van der Waals surface area contributed by atoms with Gasteiger partial charge in [-0.3, -0.25) is 9.36 Å². The molecule has 0 aliphatic heterocycles. The minimum absolute atomic E-state index is 0.107. The molecule has 2 heterocycles. The number of amides is 1. The molecule has 0 atom stereocenters. The van der Waals surface area contributed by atoms with Crippen LogP contribution in [0.15, 0.2) is 42.1 Å². The van der Waals surface area contributed by atoms with E-state index >= 15 is 0 Å². The molecule has 0 fully saturated rings. The maximum absolute atomic E-state index is 12.8. The lowest BCUT2D eigenvalue weighted by Gasteiger charge is -2.10. The minimum Gasteiger partial charge on any atom is -0.493 e. The Kier molecular flexibility index (Phi) is 9.72. The van der Waals surface area contributed by atoms with Gasteiger partial charge in [-0.15, -0.1) is 28.1 Å². The monoisotopic (exact) mass is 528 g/mol. The van der Waals surface area contributed by atoms with Crippen LogP contribution < -0.4 is 10.1 Å². The average molecular weight is 529 g/mol. The van der Waals surface area contributed by atoms with E-state index in [9.17, 15) is 9.59 Å². The largest absolute Gasteiger partial charge is 0.493 e. The lowest BCUT2D eigenvalue weighted by Crippen LogP contribution is -2.17. The number of ether oxygens (including phenoxy) is 2. The highest BCUT2D eigenvalue weighted by Gasteiger charge is 2.22. The minimum atomic E-state index is -0.432. The van der Waals surface area contributed by atoms with Gasteiger partial charge in [0.25, 0.3) is 0 Å². The summed E-state index contributed by atoms with van der Waals surface area (Å²) in [6.07, 6.45) is 1.76. The highest BCUT2D eigenvalue weighted by Crippen LogP contribution is 2.33. The fourth-order valence-corrected chi connectivity index (χ4v) is 5.14. The zero-order valence-electron chi connectivity index (χ0n) is 21.3. The molecule has 3 aromatic rings. The second-order valence-corrected chi connectivity index (χ2v) is 10.6. The molecule has 192 valence electrons. The summed E-state index contributed by atoms with van der Waals surface area (Å²) in [7, 11) is 0. The molecule has 0 bridgehead atoms. The maximum atomic E-state index is 12.8. The van der Waals surface area contributed by atoms with Gasteiger partial charge in [0.1, 0.15) is 10.8 Å². The van der Waals surface area contributed by atoms with Crippen LogP contribution in [-0.4, -0.2) is 45.6 Å². The molecule has 36 heavy (non-hydrogen) atoms. The molecule has 0 radical (unpaired) electrons. The number of benzene rings is 1. The van der Waals surface area contributed by atoms with E-state index in [-0.39, 0.29) is 18.3 Å². The molecule has 1 aromatic carbocycles. The van der Waals surface area contributed by atoms with Gasteiger partial charge < -0.3 is 14.8 Å². The van der Waals surface area contributed by atoms with Crippen molar-refractivity contribution in [2.24, 2.45) is 5.92 Å². The second-order valence-electron chi connectivity index (χ2n) is 8.48. The van der Waals surface area contributed by atoms with Gasteiger partial charge in [0.2, 0.25) is 5.91 Å². The van der Waals surface area contributed by atoms with Crippen LogP contribution in [0.4, 0.5) is 5.00 Å². The standard InChI is InChI=1S/C26H32N4O4S2/c1-7-13-30-23(19-9-11-20(12-10-19)34-14-16(3)4)28-29-26(30)35-15-21(31)27-24-22(25(32)33-8-2)17(5)18(6)36-24/h7,9-12,16H,1,8,13-15H2,2-6H3,(H,27,31). The van der Waals surface area contributed by atoms with Crippen LogP contribution in [0, 0.1) is 19.8 Å². The van der Waals surface area contributed by atoms with E-state index in [0.29, 0.717) is 40.6 Å². The number of carbonyl (C=O) groups is 2. The molecular weight excluding hydrogens is 496 g/mol. The fraction of sp³-hybridized carbons (Fsp3) is 0.385. The van der Waals surface area contributed by atoms with E-state index in [1.165, 1.54) is 23.1 Å². The average Bonchev–Trinajstić information content (AvgIpc) is 3.36. The third kappa shape index (κ3) is 6.76. The van der Waals surface area contributed by atoms with Crippen molar-refractivity contribution < 1.29 is 19.1 Å². The predicted molar refractivity (Wildman–Crippen MR) is 145 cm³/mol. The maximum Gasteiger partial charge on any atom is 0.341 e. The van der Waals surface area contributed by atoms with Crippen LogP contribution in [-0.2, 0) is 16.1 Å². The van der Waals surface area contributed by atoms with E-state index in [1.54, 1.807) is 13.0 Å². The van der Waals surface area contributed by atoms with Gasteiger partial charge in [0, 0.05) is 17.0 Å². The van der Waals surface area contributed by atoms with Gasteiger partial charge in [-0.25, -0.2) is 4.79 Å². The van der Waals surface area contributed by atoms with Crippen LogP contribution in [0.1, 0.15) is 41.6 Å². The number of esters is 1. The topological polar surface area (TPSA) is 95.3 Å². The Morgan fingerprint density at radius 1 is 1.22 bits per heavy atom. The van der Waals surface area contributed by atoms with Gasteiger partial charge in [-0.05, 0) is 56.5 Å². The lowest BCUT2D eigenvalue weighted by molar-refractivity contribution is -0.113. The molecule has 3 rings (SSSR count). The van der Waals surface area contributed by atoms with Gasteiger partial charge in [-0.1, -0.05) is 31.7 Å². The van der Waals surface area contributed by atoms with Crippen LogP contribution >= 0.6 is 23.1 Å². The highest BCUT2D eigenvalue weighted by atomic mass is 32.2. The first-order valence-electron chi connectivity index (χ1n) is 11.7. The van der Waals surface area contributed by atoms with Crippen molar-refractivity contribution in [3.8, 4) is 17.1 Å². The molecule has 0 aliphatic carbocycles. The van der Waals surface area contributed by atoms with Gasteiger partial charge >= 0.3 is 5.97 Å². The Morgan fingerprint density at radius 2 is 1.94 bits per heavy atom. The summed E-state index contributed by atoms with van der Waals surface area (Å²) >= 11 is 2.64. The van der Waals surface area contributed by atoms with E-state index in [4.69, 9.17) is 9.47 Å². The normalized spacial score (nSPS) is 10.9. The molecule has 0 saturated carbocycles. The van der Waals surface area contributed by atoms with Crippen molar-refractivity contribution in [1.82, 2.24) is 14.8 Å². The first-order valence-corrected chi connectivity index (χ1v) is 13.5. The Morgan fingerprint density at radius 3 is 2.58 bits per heavy atom. The number of carbonyl (C=O) groups excluding carboxylic acids is 2.